The van der Waals surface area contributed by atoms with E-state index in [2.05, 4.69) is 15.3 Å². The monoisotopic (exact) mass is 642 g/mol. The zero-order valence-electron chi connectivity index (χ0n) is 24.4. The number of aliphatic imine (C=N–C) groups is 2. The lowest BCUT2D eigenvalue weighted by Gasteiger charge is -2.40. The minimum absolute atomic E-state index is 0.0390. The number of hydrogen-bond donors (Lipinski definition) is 8. The third-order valence-corrected chi connectivity index (χ3v) is 8.60. The Bertz CT molecular complexity index is 1940. The van der Waals surface area contributed by atoms with Gasteiger partial charge in [-0.1, -0.05) is 42.5 Å². The minimum Gasteiger partial charge on any atom is -0.504 e. The zero-order chi connectivity index (χ0) is 33.1. The molecular weight excluding hydrogens is 614 g/mol. The van der Waals surface area contributed by atoms with Crippen LogP contribution in [0.15, 0.2) is 64.6 Å². The van der Waals surface area contributed by atoms with Crippen LogP contribution < -0.4 is 15.0 Å². The number of benzene rings is 3. The van der Waals surface area contributed by atoms with E-state index in [1.54, 1.807) is 36.4 Å². The lowest BCUT2D eigenvalue weighted by atomic mass is 9.82. The predicted molar refractivity (Wildman–Crippen MR) is 161 cm³/mol. The molecule has 47 heavy (non-hydrogen) atoms. The molecule has 8 N–H and O–H groups in total. The molecule has 0 spiro atoms. The van der Waals surface area contributed by atoms with E-state index >= 15 is 0 Å². The summed E-state index contributed by atoms with van der Waals surface area (Å²) < 4.78 is 11.5. The van der Waals surface area contributed by atoms with E-state index in [0.29, 0.717) is 16.2 Å². The van der Waals surface area contributed by atoms with E-state index in [-0.39, 0.29) is 64.2 Å². The maximum atomic E-state index is 13.7. The molecule has 1 saturated heterocycles. The first-order chi connectivity index (χ1) is 22.6. The third-order valence-electron chi connectivity index (χ3n) is 8.60. The SMILES string of the molecule is N=C1N=C2C(=NC[NH+]2c2ccccc2Cc2cc3c(c(O)c2O[C@H]2O[C@@H](CO)[C@H](O)[C@@H](O)[C@@H]2O)C(=O)c2ccccc2C3=O)C(=O)N1. The molecule has 3 aromatic rings. The second-order valence-corrected chi connectivity index (χ2v) is 11.4. The van der Waals surface area contributed by atoms with E-state index in [1.165, 1.54) is 18.2 Å². The molecule has 15 heteroatoms. The van der Waals surface area contributed by atoms with E-state index in [0.717, 1.165) is 0 Å². The molecule has 1 fully saturated rings. The summed E-state index contributed by atoms with van der Waals surface area (Å²) in [6, 6.07) is 14.6. The van der Waals surface area contributed by atoms with Gasteiger partial charge in [0.2, 0.25) is 18.0 Å². The highest BCUT2D eigenvalue weighted by atomic mass is 16.7. The van der Waals surface area contributed by atoms with Gasteiger partial charge in [0.05, 0.1) is 12.2 Å². The normalized spacial score (nSPS) is 26.6. The Balaban J connectivity index is 1.34. The quantitative estimate of drug-likeness (QED) is 0.119. The minimum atomic E-state index is -1.84. The summed E-state index contributed by atoms with van der Waals surface area (Å²) in [6.07, 6.45) is -8.37. The summed E-state index contributed by atoms with van der Waals surface area (Å²) in [6.45, 7) is -0.633. The molecule has 15 nitrogen and oxygen atoms in total. The van der Waals surface area contributed by atoms with Gasteiger partial charge in [-0.05, 0) is 12.1 Å². The second kappa shape index (κ2) is 11.6. The third kappa shape index (κ3) is 4.93. The number of guanidine groups is 1. The van der Waals surface area contributed by atoms with Crippen LogP contribution in [-0.4, -0.2) is 104 Å². The smallest absolute Gasteiger partial charge is 0.284 e. The summed E-state index contributed by atoms with van der Waals surface area (Å²) in [4.78, 5) is 48.8. The molecular formula is C32H28N5O10+. The summed E-state index contributed by atoms with van der Waals surface area (Å²) >= 11 is 0. The number of aromatic hydroxyl groups is 1. The molecule has 1 aliphatic carbocycles. The summed E-state index contributed by atoms with van der Waals surface area (Å²) in [7, 11) is 0. The lowest BCUT2D eigenvalue weighted by Crippen LogP contribution is -3.09. The van der Waals surface area contributed by atoms with E-state index in [1.807, 2.05) is 0 Å². The molecule has 6 atom stereocenters. The molecule has 240 valence electrons. The highest BCUT2D eigenvalue weighted by Crippen LogP contribution is 2.43. The molecule has 3 heterocycles. The van der Waals surface area contributed by atoms with Gasteiger partial charge in [-0.3, -0.25) is 25.1 Å². The average molecular weight is 643 g/mol. The number of amidine groups is 1. The molecule has 0 aromatic heterocycles. The number of amides is 1. The van der Waals surface area contributed by atoms with Crippen LogP contribution in [0.3, 0.4) is 0 Å². The molecule has 0 bridgehead atoms. The number of ether oxygens (including phenoxy) is 2. The maximum Gasteiger partial charge on any atom is 0.284 e. The number of nitrogens with one attached hydrogen (secondary N) is 3. The van der Waals surface area contributed by atoms with Crippen molar-refractivity contribution in [3.8, 4) is 11.5 Å². The number of hydrogen-bond acceptors (Lipinski definition) is 12. The van der Waals surface area contributed by atoms with Crippen molar-refractivity contribution < 1.29 is 54.3 Å². The number of nitrogens with zero attached hydrogens (tertiary/aromatic N) is 2. The number of quaternary nitrogens is 1. The Labute approximate surface area is 265 Å². The molecule has 0 radical (unpaired) electrons. The Kier molecular flexibility index (Phi) is 7.51. The number of phenols is 1. The number of aliphatic hydroxyl groups excluding tert-OH is 4. The molecule has 1 unspecified atom stereocenters. The van der Waals surface area contributed by atoms with Gasteiger partial charge in [0.25, 0.3) is 11.7 Å². The van der Waals surface area contributed by atoms with Crippen molar-refractivity contribution in [3.05, 3.63) is 88.0 Å². The van der Waals surface area contributed by atoms with Crippen molar-refractivity contribution in [2.45, 2.75) is 37.1 Å². The van der Waals surface area contributed by atoms with Crippen molar-refractivity contribution in [2.24, 2.45) is 9.98 Å². The van der Waals surface area contributed by atoms with E-state index < -0.39 is 60.5 Å². The van der Waals surface area contributed by atoms with Crippen LogP contribution in [0, 0.1) is 5.41 Å². The summed E-state index contributed by atoms with van der Waals surface area (Å²) in [5.74, 6) is -2.84. The van der Waals surface area contributed by atoms with Crippen molar-refractivity contribution >= 4 is 40.7 Å². The molecule has 3 aromatic carbocycles. The van der Waals surface area contributed by atoms with Crippen molar-refractivity contribution in [1.29, 1.82) is 5.41 Å². The standard InChI is InChI=1S/C32H27N5O10/c33-32-35-29-21(30(45)36-32)34-12-37(29)18-8-4-1-5-13(18)9-14-10-17-20(23(40)16-7-3-2-6-15(16)22(17)39)25(42)28(14)47-31-27(44)26(43)24(41)19(11-38)46-31/h1-8,10,19,24,26-27,31,38,41-44H,9,11-12H2,(H2,33,36,45)/p+1/t19-,24-,26+,27-,31+/m0/s1. The lowest BCUT2D eigenvalue weighted by molar-refractivity contribution is -0.723. The number of para-hydroxylation sites is 1. The largest absolute Gasteiger partial charge is 0.504 e. The number of carbonyl (C=O) groups excluding carboxylic acids is 3. The fourth-order valence-electron chi connectivity index (χ4n) is 6.26. The first-order valence-electron chi connectivity index (χ1n) is 14.6. The van der Waals surface area contributed by atoms with Crippen LogP contribution in [0.25, 0.3) is 0 Å². The fraction of sp³-hybridized carbons (Fsp3) is 0.250. The van der Waals surface area contributed by atoms with Gasteiger partial charge in [0.15, 0.2) is 29.7 Å². The number of aliphatic hydroxyl groups is 4. The Morgan fingerprint density at radius 1 is 0.936 bits per heavy atom. The van der Waals surface area contributed by atoms with Crippen LogP contribution in [0.1, 0.15) is 43.0 Å². The Hall–Kier alpha value is -5.16. The number of ketones is 2. The van der Waals surface area contributed by atoms with Crippen molar-refractivity contribution in [1.82, 2.24) is 5.32 Å². The van der Waals surface area contributed by atoms with Crippen LogP contribution >= 0.6 is 0 Å². The topological polar surface area (TPSA) is 236 Å². The maximum absolute atomic E-state index is 13.7. The average Bonchev–Trinajstić information content (AvgIpc) is 3.49. The molecule has 4 aliphatic rings. The van der Waals surface area contributed by atoms with Gasteiger partial charge in [0, 0.05) is 34.2 Å². The van der Waals surface area contributed by atoms with Crippen LogP contribution in [0.5, 0.6) is 11.5 Å². The van der Waals surface area contributed by atoms with Gasteiger partial charge in [-0.15, -0.1) is 0 Å². The Morgan fingerprint density at radius 3 is 2.38 bits per heavy atom. The Morgan fingerprint density at radius 2 is 1.64 bits per heavy atom. The van der Waals surface area contributed by atoms with Crippen LogP contribution in [-0.2, 0) is 16.0 Å². The first kappa shape index (κ1) is 30.5. The van der Waals surface area contributed by atoms with Crippen molar-refractivity contribution in [3.63, 3.8) is 0 Å². The van der Waals surface area contributed by atoms with Crippen LogP contribution in [0.2, 0.25) is 0 Å². The van der Waals surface area contributed by atoms with Gasteiger partial charge in [-0.25, -0.2) is 9.89 Å². The molecule has 1 amide bonds. The van der Waals surface area contributed by atoms with Crippen LogP contribution in [0.4, 0.5) is 5.69 Å². The molecule has 0 saturated carbocycles. The van der Waals surface area contributed by atoms with Crippen molar-refractivity contribution in [2.75, 3.05) is 13.3 Å². The van der Waals surface area contributed by atoms with Gasteiger partial charge in [-0.2, -0.15) is 4.99 Å². The molecule has 7 rings (SSSR count). The highest BCUT2D eigenvalue weighted by molar-refractivity contribution is 6.68. The van der Waals surface area contributed by atoms with Gasteiger partial charge >= 0.3 is 0 Å². The number of phenolic OH excluding ortho intramolecular Hbond substituents is 1. The molecule has 3 aliphatic heterocycles. The van der Waals surface area contributed by atoms with E-state index in [9.17, 15) is 39.9 Å². The van der Waals surface area contributed by atoms with Gasteiger partial charge in [0.1, 0.15) is 30.1 Å². The summed E-state index contributed by atoms with van der Waals surface area (Å²) in [5.41, 5.74) is 1.31. The van der Waals surface area contributed by atoms with E-state index in [4.69, 9.17) is 14.9 Å². The summed E-state index contributed by atoms with van der Waals surface area (Å²) in [5, 5.41) is 63.0. The predicted octanol–water partition coefficient (Wildman–Crippen LogP) is -1.67. The first-order valence-corrected chi connectivity index (χ1v) is 14.6. The number of fused-ring (bicyclic) bond motifs is 3. The van der Waals surface area contributed by atoms with Gasteiger partial charge < -0.3 is 35.0 Å². The number of carbonyl (C=O) groups is 3. The second-order valence-electron chi connectivity index (χ2n) is 11.4. The number of rotatable bonds is 6. The zero-order valence-corrected chi connectivity index (χ0v) is 24.4. The highest BCUT2D eigenvalue weighted by Gasteiger charge is 2.46. The fourth-order valence-corrected chi connectivity index (χ4v) is 6.26.